The predicted molar refractivity (Wildman–Crippen MR) is 100 cm³/mol. The third kappa shape index (κ3) is 4.42. The Balaban J connectivity index is 1.72. The van der Waals surface area contributed by atoms with Gasteiger partial charge in [0.25, 0.3) is 5.91 Å². The number of rotatable bonds is 6. The summed E-state index contributed by atoms with van der Waals surface area (Å²) >= 11 is 5.97. The van der Waals surface area contributed by atoms with Gasteiger partial charge < -0.3 is 10.1 Å². The number of halogens is 1. The van der Waals surface area contributed by atoms with Crippen molar-refractivity contribution in [2.45, 2.75) is 6.54 Å². The van der Waals surface area contributed by atoms with Crippen LogP contribution in [-0.4, -0.2) is 27.7 Å². The second-order valence-electron chi connectivity index (χ2n) is 5.65. The SMILES string of the molecule is COc1ccc(C(=O)Nc2cnn(Cc3cccc(Cl)c3)c2)cc1[N+](=O)[O-]. The second-order valence-corrected chi connectivity index (χ2v) is 6.09. The molecule has 0 aliphatic rings. The molecule has 0 spiro atoms. The van der Waals surface area contributed by atoms with E-state index in [1.165, 1.54) is 31.5 Å². The largest absolute Gasteiger partial charge is 0.490 e. The fourth-order valence-electron chi connectivity index (χ4n) is 2.51. The van der Waals surface area contributed by atoms with Gasteiger partial charge in [-0.2, -0.15) is 5.10 Å². The monoisotopic (exact) mass is 386 g/mol. The van der Waals surface area contributed by atoms with Gasteiger partial charge in [0.2, 0.25) is 0 Å². The molecule has 0 bridgehead atoms. The minimum atomic E-state index is -0.599. The quantitative estimate of drug-likeness (QED) is 0.513. The lowest BCUT2D eigenvalue weighted by molar-refractivity contribution is -0.385. The van der Waals surface area contributed by atoms with Gasteiger partial charge in [-0.25, -0.2) is 0 Å². The minimum Gasteiger partial charge on any atom is -0.490 e. The summed E-state index contributed by atoms with van der Waals surface area (Å²) in [6.45, 7) is 0.491. The summed E-state index contributed by atoms with van der Waals surface area (Å²) in [7, 11) is 1.33. The Morgan fingerprint density at radius 2 is 2.15 bits per heavy atom. The van der Waals surface area contributed by atoms with Gasteiger partial charge in [0, 0.05) is 22.8 Å². The van der Waals surface area contributed by atoms with Gasteiger partial charge in [0.15, 0.2) is 5.75 Å². The molecule has 0 aliphatic heterocycles. The van der Waals surface area contributed by atoms with E-state index in [0.717, 1.165) is 5.56 Å². The third-order valence-corrected chi connectivity index (χ3v) is 4.00. The second kappa shape index (κ2) is 7.88. The number of nitrogens with zero attached hydrogens (tertiary/aromatic N) is 3. The first-order chi connectivity index (χ1) is 13.0. The molecule has 0 saturated carbocycles. The normalized spacial score (nSPS) is 10.4. The van der Waals surface area contributed by atoms with Gasteiger partial charge in [-0.15, -0.1) is 0 Å². The molecule has 138 valence electrons. The number of nitro benzene ring substituents is 1. The van der Waals surface area contributed by atoms with E-state index in [0.29, 0.717) is 17.3 Å². The number of anilines is 1. The van der Waals surface area contributed by atoms with E-state index in [2.05, 4.69) is 10.4 Å². The highest BCUT2D eigenvalue weighted by molar-refractivity contribution is 6.30. The number of benzene rings is 2. The maximum atomic E-state index is 12.4. The van der Waals surface area contributed by atoms with Crippen LogP contribution in [0.4, 0.5) is 11.4 Å². The average Bonchev–Trinajstić information content (AvgIpc) is 3.07. The number of aromatic nitrogens is 2. The molecule has 0 radical (unpaired) electrons. The van der Waals surface area contributed by atoms with E-state index in [-0.39, 0.29) is 17.0 Å². The number of nitro groups is 1. The van der Waals surface area contributed by atoms with Crippen molar-refractivity contribution in [3.8, 4) is 5.75 Å². The molecule has 1 amide bonds. The molecule has 0 unspecified atom stereocenters. The molecule has 3 rings (SSSR count). The Kier molecular flexibility index (Phi) is 5.37. The van der Waals surface area contributed by atoms with Crippen molar-refractivity contribution in [1.82, 2.24) is 9.78 Å². The molecule has 2 aromatic carbocycles. The van der Waals surface area contributed by atoms with Crippen LogP contribution in [0.5, 0.6) is 5.75 Å². The number of carbonyl (C=O) groups is 1. The van der Waals surface area contributed by atoms with E-state index in [1.54, 1.807) is 16.9 Å². The maximum absolute atomic E-state index is 12.4. The van der Waals surface area contributed by atoms with Crippen LogP contribution in [0.15, 0.2) is 54.9 Å². The van der Waals surface area contributed by atoms with Gasteiger partial charge in [0.1, 0.15) is 0 Å². The van der Waals surface area contributed by atoms with Crippen LogP contribution in [-0.2, 0) is 6.54 Å². The Bertz CT molecular complexity index is 1000. The molecule has 0 atom stereocenters. The summed E-state index contributed by atoms with van der Waals surface area (Å²) in [4.78, 5) is 22.9. The summed E-state index contributed by atoms with van der Waals surface area (Å²) in [5.41, 5.74) is 1.31. The van der Waals surface area contributed by atoms with Crippen LogP contribution in [0.25, 0.3) is 0 Å². The van der Waals surface area contributed by atoms with E-state index in [4.69, 9.17) is 16.3 Å². The third-order valence-electron chi connectivity index (χ3n) is 3.76. The van der Waals surface area contributed by atoms with Crippen LogP contribution in [0.3, 0.4) is 0 Å². The standard InChI is InChI=1S/C18H15ClN4O4/c1-27-17-6-5-13(8-16(17)23(25)26)18(24)21-15-9-20-22(11-15)10-12-3-2-4-14(19)7-12/h2-9,11H,10H2,1H3,(H,21,24). The molecule has 1 N–H and O–H groups in total. The number of nitrogens with one attached hydrogen (secondary N) is 1. The zero-order valence-corrected chi connectivity index (χ0v) is 15.0. The first-order valence-electron chi connectivity index (χ1n) is 7.87. The van der Waals surface area contributed by atoms with Gasteiger partial charge in [-0.3, -0.25) is 19.6 Å². The van der Waals surface area contributed by atoms with Gasteiger partial charge >= 0.3 is 5.69 Å². The molecular formula is C18H15ClN4O4. The summed E-state index contributed by atoms with van der Waals surface area (Å²) < 4.78 is 6.58. The van der Waals surface area contributed by atoms with Crippen molar-refractivity contribution in [3.05, 3.63) is 81.1 Å². The molecule has 9 heteroatoms. The number of hydrogen-bond donors (Lipinski definition) is 1. The average molecular weight is 387 g/mol. The highest BCUT2D eigenvalue weighted by Crippen LogP contribution is 2.27. The van der Waals surface area contributed by atoms with Crippen LogP contribution < -0.4 is 10.1 Å². The zero-order valence-electron chi connectivity index (χ0n) is 14.3. The fraction of sp³-hybridized carbons (Fsp3) is 0.111. The molecule has 0 aliphatic carbocycles. The van der Waals surface area contributed by atoms with Crippen LogP contribution >= 0.6 is 11.6 Å². The number of amides is 1. The smallest absolute Gasteiger partial charge is 0.311 e. The summed E-state index contributed by atoms with van der Waals surface area (Å²) in [6, 6.07) is 11.4. The van der Waals surface area contributed by atoms with Crippen molar-refractivity contribution in [2.75, 3.05) is 12.4 Å². The number of carbonyl (C=O) groups excluding carboxylic acids is 1. The van der Waals surface area contributed by atoms with E-state index < -0.39 is 10.8 Å². The van der Waals surface area contributed by atoms with Crippen molar-refractivity contribution in [2.24, 2.45) is 0 Å². The summed E-state index contributed by atoms with van der Waals surface area (Å²) in [5.74, 6) is -0.394. The summed E-state index contributed by atoms with van der Waals surface area (Å²) in [6.07, 6.45) is 3.16. The fourth-order valence-corrected chi connectivity index (χ4v) is 2.73. The Morgan fingerprint density at radius 1 is 1.33 bits per heavy atom. The molecule has 27 heavy (non-hydrogen) atoms. The Morgan fingerprint density at radius 3 is 2.85 bits per heavy atom. The predicted octanol–water partition coefficient (Wildman–Crippen LogP) is 3.75. The minimum absolute atomic E-state index is 0.0888. The van der Waals surface area contributed by atoms with Crippen LogP contribution in [0.2, 0.25) is 5.02 Å². The number of methoxy groups -OCH3 is 1. The van der Waals surface area contributed by atoms with Crippen molar-refractivity contribution >= 4 is 28.9 Å². The van der Waals surface area contributed by atoms with E-state index in [1.807, 2.05) is 18.2 Å². The van der Waals surface area contributed by atoms with Crippen molar-refractivity contribution in [1.29, 1.82) is 0 Å². The van der Waals surface area contributed by atoms with E-state index >= 15 is 0 Å². The summed E-state index contributed by atoms with van der Waals surface area (Å²) in [5, 5.41) is 18.6. The lowest BCUT2D eigenvalue weighted by atomic mass is 10.1. The Hall–Kier alpha value is -3.39. The molecule has 0 fully saturated rings. The van der Waals surface area contributed by atoms with Crippen molar-refractivity contribution in [3.63, 3.8) is 0 Å². The van der Waals surface area contributed by atoms with Crippen LogP contribution in [0, 0.1) is 10.1 Å². The molecule has 1 heterocycles. The lowest BCUT2D eigenvalue weighted by Crippen LogP contribution is -2.12. The van der Waals surface area contributed by atoms with Gasteiger partial charge in [-0.1, -0.05) is 23.7 Å². The van der Waals surface area contributed by atoms with E-state index in [9.17, 15) is 14.9 Å². The lowest BCUT2D eigenvalue weighted by Gasteiger charge is -2.05. The molecular weight excluding hydrogens is 372 g/mol. The highest BCUT2D eigenvalue weighted by atomic mass is 35.5. The first kappa shape index (κ1) is 18.4. The number of hydrogen-bond acceptors (Lipinski definition) is 5. The topological polar surface area (TPSA) is 99.3 Å². The molecule has 0 saturated heterocycles. The molecule has 1 aromatic heterocycles. The molecule has 8 nitrogen and oxygen atoms in total. The highest BCUT2D eigenvalue weighted by Gasteiger charge is 2.18. The first-order valence-corrected chi connectivity index (χ1v) is 8.25. The van der Waals surface area contributed by atoms with Crippen LogP contribution in [0.1, 0.15) is 15.9 Å². The maximum Gasteiger partial charge on any atom is 0.311 e. The molecule has 3 aromatic rings. The van der Waals surface area contributed by atoms with Gasteiger partial charge in [-0.05, 0) is 29.8 Å². The number of ether oxygens (including phenoxy) is 1. The zero-order chi connectivity index (χ0) is 19.4. The Labute approximate surface area is 159 Å². The van der Waals surface area contributed by atoms with Gasteiger partial charge in [0.05, 0.1) is 30.5 Å². The van der Waals surface area contributed by atoms with Crippen molar-refractivity contribution < 1.29 is 14.5 Å².